The van der Waals surface area contributed by atoms with Crippen LogP contribution in [0.3, 0.4) is 0 Å². The van der Waals surface area contributed by atoms with Crippen LogP contribution < -0.4 is 5.32 Å². The Hall–Kier alpha value is -1.90. The summed E-state index contributed by atoms with van der Waals surface area (Å²) in [5.41, 5.74) is 0.484. The summed E-state index contributed by atoms with van der Waals surface area (Å²) < 4.78 is 0. The number of nitrogens with one attached hydrogen (secondary N) is 1. The zero-order chi connectivity index (χ0) is 12.7. The minimum atomic E-state index is -0.375. The fourth-order valence-electron chi connectivity index (χ4n) is 1.26. The Kier molecular flexibility index (Phi) is 5.14. The van der Waals surface area contributed by atoms with Crippen molar-refractivity contribution >= 4 is 11.8 Å². The van der Waals surface area contributed by atoms with Crippen LogP contribution in [0.1, 0.15) is 30.6 Å². The van der Waals surface area contributed by atoms with Gasteiger partial charge in [-0.3, -0.25) is 14.9 Å². The smallest absolute Gasteiger partial charge is 0.258 e. The average Bonchev–Trinajstić information content (AvgIpc) is 2.29. The molecule has 0 aliphatic rings. The third-order valence-corrected chi connectivity index (χ3v) is 2.15. The summed E-state index contributed by atoms with van der Waals surface area (Å²) in [7, 11) is 0. The van der Waals surface area contributed by atoms with Crippen LogP contribution in [0.5, 0.6) is 0 Å². The van der Waals surface area contributed by atoms with Crippen LogP contribution in [0, 0.1) is 5.92 Å². The second-order valence-electron chi connectivity index (χ2n) is 4.22. The molecule has 1 N–H and O–H groups in total. The first-order valence-electron chi connectivity index (χ1n) is 5.66. The van der Waals surface area contributed by atoms with Gasteiger partial charge in [-0.15, -0.1) is 0 Å². The van der Waals surface area contributed by atoms with E-state index in [1.807, 2.05) is 6.07 Å². The molecule has 0 unspecified atom stereocenters. The van der Waals surface area contributed by atoms with Crippen molar-refractivity contribution in [3.8, 4) is 0 Å². The van der Waals surface area contributed by atoms with E-state index in [1.165, 1.54) is 6.08 Å². The molecule has 1 aromatic rings. The molecule has 1 rings (SSSR count). The molecule has 3 nitrogen and oxygen atoms in total. The van der Waals surface area contributed by atoms with Crippen LogP contribution in [-0.4, -0.2) is 11.8 Å². The lowest BCUT2D eigenvalue weighted by Crippen LogP contribution is -2.28. The Morgan fingerprint density at radius 3 is 2.47 bits per heavy atom. The summed E-state index contributed by atoms with van der Waals surface area (Å²) >= 11 is 0. The number of hydrogen-bond acceptors (Lipinski definition) is 2. The van der Waals surface area contributed by atoms with Crippen molar-refractivity contribution in [3.05, 3.63) is 48.0 Å². The monoisotopic (exact) mass is 231 g/mol. The summed E-state index contributed by atoms with van der Waals surface area (Å²) in [5.74, 6) is -0.242. The van der Waals surface area contributed by atoms with Gasteiger partial charge in [0, 0.05) is 5.56 Å². The van der Waals surface area contributed by atoms with E-state index in [9.17, 15) is 9.59 Å². The largest absolute Gasteiger partial charge is 0.289 e. The SMILES string of the molecule is CC(C)CC=CC(=O)NC(=O)c1ccccc1. The number of benzene rings is 1. The van der Waals surface area contributed by atoms with Crippen LogP contribution in [0.4, 0.5) is 0 Å². The number of amides is 2. The predicted molar refractivity (Wildman–Crippen MR) is 67.5 cm³/mol. The molecule has 0 fully saturated rings. The van der Waals surface area contributed by atoms with E-state index in [4.69, 9.17) is 0 Å². The van der Waals surface area contributed by atoms with Crippen LogP contribution in [-0.2, 0) is 4.79 Å². The highest BCUT2D eigenvalue weighted by Crippen LogP contribution is 2.00. The second-order valence-corrected chi connectivity index (χ2v) is 4.22. The van der Waals surface area contributed by atoms with E-state index in [0.29, 0.717) is 11.5 Å². The highest BCUT2D eigenvalue weighted by Gasteiger charge is 2.06. The first kappa shape index (κ1) is 13.2. The quantitative estimate of drug-likeness (QED) is 0.809. The molecule has 0 saturated heterocycles. The summed E-state index contributed by atoms with van der Waals surface area (Å²) in [4.78, 5) is 23.0. The fourth-order valence-corrected chi connectivity index (χ4v) is 1.26. The van der Waals surface area contributed by atoms with Crippen molar-refractivity contribution < 1.29 is 9.59 Å². The third kappa shape index (κ3) is 5.11. The van der Waals surface area contributed by atoms with E-state index >= 15 is 0 Å². The van der Waals surface area contributed by atoms with Crippen molar-refractivity contribution in [1.82, 2.24) is 5.32 Å². The maximum absolute atomic E-state index is 11.6. The molecular weight excluding hydrogens is 214 g/mol. The number of allylic oxidation sites excluding steroid dienone is 1. The molecule has 0 aromatic heterocycles. The van der Waals surface area contributed by atoms with Gasteiger partial charge in [0.05, 0.1) is 0 Å². The lowest BCUT2D eigenvalue weighted by molar-refractivity contribution is -0.115. The maximum Gasteiger partial charge on any atom is 0.258 e. The molecule has 2 amide bonds. The normalized spacial score (nSPS) is 10.8. The lowest BCUT2D eigenvalue weighted by Gasteiger charge is -2.01. The minimum Gasteiger partial charge on any atom is -0.289 e. The molecule has 0 bridgehead atoms. The van der Waals surface area contributed by atoms with Crippen LogP contribution in [0.15, 0.2) is 42.5 Å². The molecule has 0 saturated carbocycles. The van der Waals surface area contributed by atoms with Crippen LogP contribution in [0.2, 0.25) is 0 Å². The van der Waals surface area contributed by atoms with Gasteiger partial charge in [0.15, 0.2) is 0 Å². The van der Waals surface area contributed by atoms with Crippen molar-refractivity contribution in [3.63, 3.8) is 0 Å². The number of carbonyl (C=O) groups excluding carboxylic acids is 2. The van der Waals surface area contributed by atoms with Gasteiger partial charge in [-0.2, -0.15) is 0 Å². The van der Waals surface area contributed by atoms with Crippen molar-refractivity contribution in [1.29, 1.82) is 0 Å². The number of carbonyl (C=O) groups is 2. The van der Waals surface area contributed by atoms with Gasteiger partial charge in [0.1, 0.15) is 0 Å². The minimum absolute atomic E-state index is 0.371. The summed E-state index contributed by atoms with van der Waals surface area (Å²) in [5, 5.41) is 2.31. The molecule has 0 spiro atoms. The number of imide groups is 1. The van der Waals surface area contributed by atoms with E-state index in [2.05, 4.69) is 19.2 Å². The molecule has 0 heterocycles. The average molecular weight is 231 g/mol. The standard InChI is InChI=1S/C14H17NO2/c1-11(2)7-6-10-13(16)15-14(17)12-8-4-3-5-9-12/h3-6,8-11H,7H2,1-2H3,(H,15,16,17). The number of hydrogen-bond donors (Lipinski definition) is 1. The first-order valence-corrected chi connectivity index (χ1v) is 5.66. The van der Waals surface area contributed by atoms with Gasteiger partial charge in [0.25, 0.3) is 5.91 Å². The molecule has 90 valence electrons. The van der Waals surface area contributed by atoms with Gasteiger partial charge >= 0.3 is 0 Å². The first-order chi connectivity index (χ1) is 8.09. The van der Waals surface area contributed by atoms with Crippen molar-refractivity contribution in [2.24, 2.45) is 5.92 Å². The molecular formula is C14H17NO2. The van der Waals surface area contributed by atoms with Gasteiger partial charge in [-0.1, -0.05) is 38.1 Å². The summed E-state index contributed by atoms with van der Waals surface area (Å²) in [6.07, 6.45) is 4.01. The molecule has 0 atom stereocenters. The van der Waals surface area contributed by atoms with Crippen molar-refractivity contribution in [2.45, 2.75) is 20.3 Å². The number of rotatable bonds is 4. The van der Waals surface area contributed by atoms with Crippen LogP contribution in [0.25, 0.3) is 0 Å². The Balaban J connectivity index is 2.47. The second kappa shape index (κ2) is 6.63. The molecule has 0 aliphatic heterocycles. The van der Waals surface area contributed by atoms with Crippen molar-refractivity contribution in [2.75, 3.05) is 0 Å². The molecule has 1 aromatic carbocycles. The Morgan fingerprint density at radius 2 is 1.88 bits per heavy atom. The molecule has 3 heteroatoms. The van der Waals surface area contributed by atoms with E-state index < -0.39 is 0 Å². The van der Waals surface area contributed by atoms with Gasteiger partial charge in [-0.25, -0.2) is 0 Å². The van der Waals surface area contributed by atoms with E-state index in [0.717, 1.165) is 6.42 Å². The summed E-state index contributed by atoms with van der Waals surface area (Å²) in [6, 6.07) is 8.67. The zero-order valence-electron chi connectivity index (χ0n) is 10.1. The molecule has 0 radical (unpaired) electrons. The Labute approximate surface area is 102 Å². The maximum atomic E-state index is 11.6. The Bertz CT molecular complexity index is 407. The predicted octanol–water partition coefficient (Wildman–Crippen LogP) is 2.55. The van der Waals surface area contributed by atoms with E-state index in [-0.39, 0.29) is 11.8 Å². The third-order valence-electron chi connectivity index (χ3n) is 2.15. The van der Waals surface area contributed by atoms with Gasteiger partial charge in [0.2, 0.25) is 5.91 Å². The highest BCUT2D eigenvalue weighted by molar-refractivity contribution is 6.07. The zero-order valence-corrected chi connectivity index (χ0v) is 10.1. The summed E-state index contributed by atoms with van der Waals surface area (Å²) in [6.45, 7) is 4.13. The fraction of sp³-hybridized carbons (Fsp3) is 0.286. The van der Waals surface area contributed by atoms with Crippen LogP contribution >= 0.6 is 0 Å². The van der Waals surface area contributed by atoms with Gasteiger partial charge in [-0.05, 0) is 30.5 Å². The molecule has 17 heavy (non-hydrogen) atoms. The topological polar surface area (TPSA) is 46.2 Å². The van der Waals surface area contributed by atoms with E-state index in [1.54, 1.807) is 30.3 Å². The Morgan fingerprint density at radius 1 is 1.24 bits per heavy atom. The van der Waals surface area contributed by atoms with Gasteiger partial charge < -0.3 is 0 Å². The highest BCUT2D eigenvalue weighted by atomic mass is 16.2. The lowest BCUT2D eigenvalue weighted by atomic mass is 10.1. The molecule has 0 aliphatic carbocycles.